The molecular formula is C18H16N2O2S. The molecule has 0 radical (unpaired) electrons. The van der Waals surface area contributed by atoms with Crippen LogP contribution >= 0.6 is 11.3 Å². The second kappa shape index (κ2) is 7.07. The van der Waals surface area contributed by atoms with Gasteiger partial charge >= 0.3 is 0 Å². The molecule has 116 valence electrons. The van der Waals surface area contributed by atoms with E-state index in [-0.39, 0.29) is 5.91 Å². The Bertz CT molecular complexity index is 800. The van der Waals surface area contributed by atoms with Gasteiger partial charge in [0.05, 0.1) is 4.88 Å². The molecule has 0 atom stereocenters. The normalized spacial score (nSPS) is 10.3. The number of anilines is 1. The third-order valence-electron chi connectivity index (χ3n) is 3.18. The minimum Gasteiger partial charge on any atom is -0.489 e. The lowest BCUT2D eigenvalue weighted by molar-refractivity contribution is 0.103. The summed E-state index contributed by atoms with van der Waals surface area (Å²) in [4.78, 5) is 17.0. The molecule has 0 fully saturated rings. The number of pyridine rings is 1. The van der Waals surface area contributed by atoms with Gasteiger partial charge in [-0.15, -0.1) is 11.3 Å². The number of nitrogens with zero attached hydrogens (tertiary/aromatic N) is 1. The number of ether oxygens (including phenoxy) is 1. The Balaban J connectivity index is 1.61. The molecule has 5 heteroatoms. The largest absolute Gasteiger partial charge is 0.489 e. The number of hydrogen-bond donors (Lipinski definition) is 1. The zero-order chi connectivity index (χ0) is 16.1. The molecule has 0 aliphatic heterocycles. The maximum atomic E-state index is 12.2. The number of nitrogens with one attached hydrogen (secondary N) is 1. The molecule has 0 spiro atoms. The molecule has 2 heterocycles. The highest BCUT2D eigenvalue weighted by Gasteiger charge is 2.10. The highest BCUT2D eigenvalue weighted by Crippen LogP contribution is 2.19. The second-order valence-electron chi connectivity index (χ2n) is 5.09. The summed E-state index contributed by atoms with van der Waals surface area (Å²) in [6, 6.07) is 15.2. The molecule has 2 aromatic heterocycles. The number of benzene rings is 1. The molecule has 3 rings (SSSR count). The first-order valence-electron chi connectivity index (χ1n) is 7.20. The molecule has 23 heavy (non-hydrogen) atoms. The number of aryl methyl sites for hydroxylation is 1. The fourth-order valence-corrected chi connectivity index (χ4v) is 2.83. The Morgan fingerprint density at radius 3 is 2.83 bits per heavy atom. The zero-order valence-corrected chi connectivity index (χ0v) is 13.5. The number of carbonyl (C=O) groups is 1. The van der Waals surface area contributed by atoms with Gasteiger partial charge in [0.25, 0.3) is 5.91 Å². The van der Waals surface area contributed by atoms with E-state index in [1.54, 1.807) is 6.20 Å². The highest BCUT2D eigenvalue weighted by atomic mass is 32.1. The van der Waals surface area contributed by atoms with Gasteiger partial charge in [-0.2, -0.15) is 0 Å². The molecule has 0 saturated carbocycles. The van der Waals surface area contributed by atoms with Gasteiger partial charge in [-0.25, -0.2) is 4.98 Å². The first-order chi connectivity index (χ1) is 11.2. The van der Waals surface area contributed by atoms with Crippen molar-refractivity contribution in [2.24, 2.45) is 0 Å². The maximum Gasteiger partial charge on any atom is 0.266 e. The summed E-state index contributed by atoms with van der Waals surface area (Å²) < 4.78 is 5.68. The van der Waals surface area contributed by atoms with Crippen LogP contribution in [0.25, 0.3) is 0 Å². The van der Waals surface area contributed by atoms with E-state index in [9.17, 15) is 4.79 Å². The third-order valence-corrected chi connectivity index (χ3v) is 4.16. The topological polar surface area (TPSA) is 51.2 Å². The molecule has 1 amide bonds. The first kappa shape index (κ1) is 15.2. The van der Waals surface area contributed by atoms with Crippen molar-refractivity contribution >= 4 is 23.1 Å². The Labute approximate surface area is 138 Å². The molecule has 3 aromatic rings. The fourth-order valence-electron chi connectivity index (χ4n) is 2.04. The van der Waals surface area contributed by atoms with E-state index in [4.69, 9.17) is 4.74 Å². The summed E-state index contributed by atoms with van der Waals surface area (Å²) in [5, 5.41) is 4.74. The van der Waals surface area contributed by atoms with Crippen LogP contribution < -0.4 is 10.1 Å². The first-order valence-corrected chi connectivity index (χ1v) is 8.08. The van der Waals surface area contributed by atoms with Crippen molar-refractivity contribution in [3.63, 3.8) is 0 Å². The van der Waals surface area contributed by atoms with Gasteiger partial charge in [0.15, 0.2) is 0 Å². The Morgan fingerprint density at radius 2 is 2.04 bits per heavy atom. The van der Waals surface area contributed by atoms with Crippen molar-refractivity contribution in [3.8, 4) is 5.75 Å². The van der Waals surface area contributed by atoms with Crippen LogP contribution in [-0.4, -0.2) is 10.9 Å². The summed E-state index contributed by atoms with van der Waals surface area (Å²) in [5.41, 5.74) is 2.03. The summed E-state index contributed by atoms with van der Waals surface area (Å²) in [6.45, 7) is 2.40. The van der Waals surface area contributed by atoms with E-state index in [1.165, 1.54) is 11.3 Å². The molecule has 4 nitrogen and oxygen atoms in total. The number of thiophene rings is 1. The van der Waals surface area contributed by atoms with Crippen LogP contribution in [0, 0.1) is 6.92 Å². The Morgan fingerprint density at radius 1 is 1.22 bits per heavy atom. The number of carbonyl (C=O) groups excluding carboxylic acids is 1. The third kappa shape index (κ3) is 4.17. The van der Waals surface area contributed by atoms with Crippen LogP contribution in [0.2, 0.25) is 0 Å². The van der Waals surface area contributed by atoms with E-state index >= 15 is 0 Å². The molecule has 1 aromatic carbocycles. The summed E-state index contributed by atoms with van der Waals surface area (Å²) in [5.74, 6) is 1.22. The fraction of sp³-hybridized carbons (Fsp3) is 0.111. The summed E-state index contributed by atoms with van der Waals surface area (Å²) in [6.07, 6.45) is 1.68. The van der Waals surface area contributed by atoms with Crippen molar-refractivity contribution in [2.45, 2.75) is 13.5 Å². The summed E-state index contributed by atoms with van der Waals surface area (Å²) >= 11 is 1.40. The second-order valence-corrected chi connectivity index (χ2v) is 6.00. The van der Waals surface area contributed by atoms with E-state index in [2.05, 4.69) is 10.3 Å². The van der Waals surface area contributed by atoms with E-state index in [0.29, 0.717) is 17.3 Å². The zero-order valence-electron chi connectivity index (χ0n) is 12.7. The van der Waals surface area contributed by atoms with Gasteiger partial charge in [-0.1, -0.05) is 18.2 Å². The maximum absolute atomic E-state index is 12.2. The molecular weight excluding hydrogens is 308 g/mol. The quantitative estimate of drug-likeness (QED) is 0.762. The van der Waals surface area contributed by atoms with Crippen molar-refractivity contribution in [3.05, 3.63) is 76.1 Å². The molecule has 0 bridgehead atoms. The minimum atomic E-state index is -0.154. The van der Waals surface area contributed by atoms with E-state index in [0.717, 1.165) is 16.9 Å². The van der Waals surface area contributed by atoms with Gasteiger partial charge in [0, 0.05) is 11.8 Å². The number of amides is 1. The van der Waals surface area contributed by atoms with Gasteiger partial charge in [0.1, 0.15) is 18.2 Å². The van der Waals surface area contributed by atoms with Crippen molar-refractivity contribution in [2.75, 3.05) is 5.32 Å². The standard InChI is InChI=1S/C18H16N2O2S/c1-13-7-8-19-17(9-13)20-18(21)16-10-14(12-23-16)11-22-15-5-3-2-4-6-15/h2-10,12H,11H2,1H3,(H,19,20,21). The molecule has 0 unspecified atom stereocenters. The van der Waals surface area contributed by atoms with Crippen molar-refractivity contribution in [1.82, 2.24) is 4.98 Å². The average molecular weight is 324 g/mol. The predicted molar refractivity (Wildman–Crippen MR) is 92.0 cm³/mol. The lowest BCUT2D eigenvalue weighted by atomic mass is 10.3. The van der Waals surface area contributed by atoms with Gasteiger partial charge in [-0.05, 0) is 48.2 Å². The lowest BCUT2D eigenvalue weighted by Gasteiger charge is -2.04. The monoisotopic (exact) mass is 324 g/mol. The van der Waals surface area contributed by atoms with Crippen LogP contribution in [0.1, 0.15) is 20.8 Å². The van der Waals surface area contributed by atoms with E-state index < -0.39 is 0 Å². The Kier molecular flexibility index (Phi) is 4.68. The molecule has 0 saturated heterocycles. The van der Waals surface area contributed by atoms with Crippen molar-refractivity contribution in [1.29, 1.82) is 0 Å². The number of aromatic nitrogens is 1. The summed E-state index contributed by atoms with van der Waals surface area (Å²) in [7, 11) is 0. The Hall–Kier alpha value is -2.66. The van der Waals surface area contributed by atoms with Crippen LogP contribution in [0.3, 0.4) is 0 Å². The smallest absolute Gasteiger partial charge is 0.266 e. The molecule has 1 N–H and O–H groups in total. The average Bonchev–Trinajstić information content (AvgIpc) is 3.03. The van der Waals surface area contributed by atoms with Gasteiger partial charge in [-0.3, -0.25) is 4.79 Å². The van der Waals surface area contributed by atoms with Gasteiger partial charge in [0.2, 0.25) is 0 Å². The molecule has 0 aliphatic rings. The van der Waals surface area contributed by atoms with Crippen LogP contribution in [0.5, 0.6) is 5.75 Å². The van der Waals surface area contributed by atoms with E-state index in [1.807, 2.05) is 60.8 Å². The van der Waals surface area contributed by atoms with Gasteiger partial charge < -0.3 is 10.1 Å². The number of para-hydroxylation sites is 1. The highest BCUT2D eigenvalue weighted by molar-refractivity contribution is 7.12. The van der Waals surface area contributed by atoms with Crippen LogP contribution in [0.4, 0.5) is 5.82 Å². The molecule has 0 aliphatic carbocycles. The number of hydrogen-bond acceptors (Lipinski definition) is 4. The lowest BCUT2D eigenvalue weighted by Crippen LogP contribution is -2.11. The number of rotatable bonds is 5. The SMILES string of the molecule is Cc1ccnc(NC(=O)c2cc(COc3ccccc3)cs2)c1. The van der Waals surface area contributed by atoms with Crippen molar-refractivity contribution < 1.29 is 9.53 Å². The predicted octanol–water partition coefficient (Wildman–Crippen LogP) is 4.28. The van der Waals surface area contributed by atoms with Crippen LogP contribution in [-0.2, 0) is 6.61 Å². The minimum absolute atomic E-state index is 0.154. The van der Waals surface area contributed by atoms with Crippen LogP contribution in [0.15, 0.2) is 60.1 Å².